The molecule has 0 aliphatic heterocycles. The highest BCUT2D eigenvalue weighted by atomic mass is 35.5. The van der Waals surface area contributed by atoms with Gasteiger partial charge in [0.15, 0.2) is 0 Å². The van der Waals surface area contributed by atoms with Crippen LogP contribution in [0.1, 0.15) is 6.92 Å². The largest absolute Gasteiger partial charge is 0.492 e. The number of sulfonamides is 1. The molecule has 6 nitrogen and oxygen atoms in total. The number of carbonyl (C=O) groups is 1. The van der Waals surface area contributed by atoms with Crippen LogP contribution < -0.4 is 10.1 Å². The summed E-state index contributed by atoms with van der Waals surface area (Å²) >= 11 is 6.03. The summed E-state index contributed by atoms with van der Waals surface area (Å²) in [4.78, 5) is 12.0. The Kier molecular flexibility index (Phi) is 6.57. The van der Waals surface area contributed by atoms with Gasteiger partial charge in [0, 0.05) is 12.7 Å². The molecule has 26 heavy (non-hydrogen) atoms. The zero-order chi connectivity index (χ0) is 19.3. The highest BCUT2D eigenvalue weighted by molar-refractivity contribution is 7.89. The van der Waals surface area contributed by atoms with Crippen LogP contribution in [-0.2, 0) is 14.8 Å². The first kappa shape index (κ1) is 20.2. The van der Waals surface area contributed by atoms with Crippen molar-refractivity contribution in [2.45, 2.75) is 11.8 Å². The Morgan fingerprint density at radius 3 is 2.46 bits per heavy atom. The smallest absolute Gasteiger partial charge is 0.243 e. The van der Waals surface area contributed by atoms with Gasteiger partial charge in [-0.05, 0) is 49.4 Å². The van der Waals surface area contributed by atoms with Gasteiger partial charge >= 0.3 is 0 Å². The van der Waals surface area contributed by atoms with E-state index in [1.807, 2.05) is 0 Å². The van der Waals surface area contributed by atoms with Crippen LogP contribution in [0.2, 0.25) is 5.02 Å². The van der Waals surface area contributed by atoms with Gasteiger partial charge in [-0.15, -0.1) is 0 Å². The van der Waals surface area contributed by atoms with E-state index in [1.165, 1.54) is 49.5 Å². The van der Waals surface area contributed by atoms with Crippen LogP contribution in [0.3, 0.4) is 0 Å². The van der Waals surface area contributed by atoms with E-state index < -0.39 is 28.3 Å². The number of hydrogen-bond donors (Lipinski definition) is 1. The number of nitrogens with zero attached hydrogens (tertiary/aromatic N) is 1. The van der Waals surface area contributed by atoms with E-state index in [0.29, 0.717) is 18.0 Å². The van der Waals surface area contributed by atoms with Crippen LogP contribution in [0.4, 0.5) is 10.1 Å². The van der Waals surface area contributed by atoms with Gasteiger partial charge in [0.25, 0.3) is 0 Å². The molecule has 0 heterocycles. The van der Waals surface area contributed by atoms with Gasteiger partial charge < -0.3 is 10.1 Å². The lowest BCUT2D eigenvalue weighted by atomic mass is 10.3. The van der Waals surface area contributed by atoms with E-state index in [4.69, 9.17) is 16.3 Å². The molecule has 2 aromatic rings. The Balaban J connectivity index is 2.09. The molecule has 0 atom stereocenters. The Hall–Kier alpha value is -2.16. The maximum absolute atomic E-state index is 12.9. The van der Waals surface area contributed by atoms with Crippen molar-refractivity contribution in [1.29, 1.82) is 0 Å². The molecule has 0 unspecified atom stereocenters. The summed E-state index contributed by atoms with van der Waals surface area (Å²) in [6.45, 7) is 1.77. The van der Waals surface area contributed by atoms with Crippen LogP contribution in [0.15, 0.2) is 47.4 Å². The minimum atomic E-state index is -3.91. The lowest BCUT2D eigenvalue weighted by Crippen LogP contribution is -2.35. The SMILES string of the molecule is CCOc1ccc(S(=O)(=O)N(C)CC(=O)Nc2ccc(F)cc2)cc1Cl. The molecule has 1 amide bonds. The molecule has 2 aromatic carbocycles. The maximum atomic E-state index is 12.9. The number of hydrogen-bond acceptors (Lipinski definition) is 4. The lowest BCUT2D eigenvalue weighted by Gasteiger charge is -2.17. The molecule has 140 valence electrons. The maximum Gasteiger partial charge on any atom is 0.243 e. The van der Waals surface area contributed by atoms with Crippen molar-refractivity contribution in [3.05, 3.63) is 53.3 Å². The molecule has 0 saturated carbocycles. The van der Waals surface area contributed by atoms with Crippen LogP contribution in [-0.4, -0.2) is 38.8 Å². The van der Waals surface area contributed by atoms with Crippen molar-refractivity contribution in [2.24, 2.45) is 0 Å². The van der Waals surface area contributed by atoms with Crippen LogP contribution >= 0.6 is 11.6 Å². The summed E-state index contributed by atoms with van der Waals surface area (Å²) < 4.78 is 44.2. The number of amides is 1. The van der Waals surface area contributed by atoms with Crippen molar-refractivity contribution in [1.82, 2.24) is 4.31 Å². The van der Waals surface area contributed by atoms with Crippen molar-refractivity contribution in [2.75, 3.05) is 25.5 Å². The molecule has 0 fully saturated rings. The predicted molar refractivity (Wildman–Crippen MR) is 97.5 cm³/mol. The molecule has 0 aliphatic rings. The third-order valence-corrected chi connectivity index (χ3v) is 5.50. The number of anilines is 1. The van der Waals surface area contributed by atoms with Crippen molar-refractivity contribution in [3.63, 3.8) is 0 Å². The molecule has 0 radical (unpaired) electrons. The van der Waals surface area contributed by atoms with Gasteiger partial charge in [-0.25, -0.2) is 12.8 Å². The number of rotatable bonds is 7. The molecule has 1 N–H and O–H groups in total. The fourth-order valence-corrected chi connectivity index (χ4v) is 3.57. The second-order valence-corrected chi connectivity index (χ2v) is 7.79. The minimum absolute atomic E-state index is 0.0527. The van der Waals surface area contributed by atoms with E-state index in [-0.39, 0.29) is 9.92 Å². The Morgan fingerprint density at radius 1 is 1.23 bits per heavy atom. The Labute approximate surface area is 156 Å². The molecular formula is C17H18ClFN2O4S. The molecule has 2 rings (SSSR count). The Morgan fingerprint density at radius 2 is 1.88 bits per heavy atom. The number of carbonyl (C=O) groups excluding carboxylic acids is 1. The number of likely N-dealkylation sites (N-methyl/N-ethyl adjacent to an activating group) is 1. The van der Waals surface area contributed by atoms with E-state index in [9.17, 15) is 17.6 Å². The first-order valence-electron chi connectivity index (χ1n) is 7.68. The van der Waals surface area contributed by atoms with Crippen LogP contribution in [0.25, 0.3) is 0 Å². The number of halogens is 2. The quantitative estimate of drug-likeness (QED) is 0.774. The highest BCUT2D eigenvalue weighted by Gasteiger charge is 2.24. The molecule has 0 aromatic heterocycles. The number of ether oxygens (including phenoxy) is 1. The standard InChI is InChI=1S/C17H18ClFN2O4S/c1-3-25-16-9-8-14(10-15(16)18)26(23,24)21(2)11-17(22)20-13-6-4-12(19)5-7-13/h4-10H,3,11H2,1-2H3,(H,20,22). The van der Waals surface area contributed by atoms with E-state index in [2.05, 4.69) is 5.32 Å². The number of nitrogens with one attached hydrogen (secondary N) is 1. The van der Waals surface area contributed by atoms with Gasteiger partial charge in [-0.3, -0.25) is 4.79 Å². The summed E-state index contributed by atoms with van der Waals surface area (Å²) in [6, 6.07) is 9.25. The molecule has 0 spiro atoms. The average molecular weight is 401 g/mol. The zero-order valence-electron chi connectivity index (χ0n) is 14.2. The Bertz CT molecular complexity index is 888. The fraction of sp³-hybridized carbons (Fsp3) is 0.235. The van der Waals surface area contributed by atoms with Gasteiger partial charge in [0.2, 0.25) is 15.9 Å². The molecule has 9 heteroatoms. The van der Waals surface area contributed by atoms with Gasteiger partial charge in [0.05, 0.1) is 23.1 Å². The van der Waals surface area contributed by atoms with Gasteiger partial charge in [0.1, 0.15) is 11.6 Å². The summed E-state index contributed by atoms with van der Waals surface area (Å²) in [5, 5.41) is 2.67. The molecule has 0 aliphatic carbocycles. The first-order valence-corrected chi connectivity index (χ1v) is 9.50. The average Bonchev–Trinajstić information content (AvgIpc) is 2.58. The summed E-state index contributed by atoms with van der Waals surface area (Å²) in [6.07, 6.45) is 0. The lowest BCUT2D eigenvalue weighted by molar-refractivity contribution is -0.116. The topological polar surface area (TPSA) is 75.7 Å². The minimum Gasteiger partial charge on any atom is -0.492 e. The third-order valence-electron chi connectivity index (χ3n) is 3.41. The molecular weight excluding hydrogens is 383 g/mol. The van der Waals surface area contributed by atoms with Crippen LogP contribution in [0.5, 0.6) is 5.75 Å². The zero-order valence-corrected chi connectivity index (χ0v) is 15.8. The fourth-order valence-electron chi connectivity index (χ4n) is 2.12. The highest BCUT2D eigenvalue weighted by Crippen LogP contribution is 2.28. The second-order valence-electron chi connectivity index (χ2n) is 5.34. The van der Waals surface area contributed by atoms with E-state index >= 15 is 0 Å². The van der Waals surface area contributed by atoms with Gasteiger partial charge in [-0.1, -0.05) is 11.6 Å². The van der Waals surface area contributed by atoms with E-state index in [0.717, 1.165) is 4.31 Å². The van der Waals surface area contributed by atoms with Crippen LogP contribution in [0, 0.1) is 5.82 Å². The monoisotopic (exact) mass is 400 g/mol. The number of benzene rings is 2. The molecule has 0 bridgehead atoms. The summed E-state index contributed by atoms with van der Waals surface area (Å²) in [7, 11) is -2.63. The van der Waals surface area contributed by atoms with E-state index in [1.54, 1.807) is 6.92 Å². The van der Waals surface area contributed by atoms with Crippen molar-refractivity contribution >= 4 is 33.2 Å². The summed E-state index contributed by atoms with van der Waals surface area (Å²) in [5.74, 6) is -0.611. The first-order chi connectivity index (χ1) is 12.2. The third kappa shape index (κ3) is 4.94. The molecule has 0 saturated heterocycles. The van der Waals surface area contributed by atoms with Gasteiger partial charge in [-0.2, -0.15) is 4.31 Å². The predicted octanol–water partition coefficient (Wildman–Crippen LogP) is 3.14. The second kappa shape index (κ2) is 8.48. The van der Waals surface area contributed by atoms with Crippen molar-refractivity contribution in [3.8, 4) is 5.75 Å². The normalized spacial score (nSPS) is 11.4. The van der Waals surface area contributed by atoms with Crippen molar-refractivity contribution < 1.29 is 22.3 Å². The summed E-state index contributed by atoms with van der Waals surface area (Å²) in [5.41, 5.74) is 0.367.